The third kappa shape index (κ3) is 7.53. The highest BCUT2D eigenvalue weighted by atomic mass is 127. The van der Waals surface area contributed by atoms with Gasteiger partial charge in [0, 0.05) is 49.0 Å². The molecule has 3 rings (SSSR count). The Balaban J connectivity index is 0.00000341. The van der Waals surface area contributed by atoms with Crippen molar-refractivity contribution in [2.45, 2.75) is 39.3 Å². The topological polar surface area (TPSA) is 67.1 Å². The van der Waals surface area contributed by atoms with E-state index in [4.69, 9.17) is 0 Å². The second-order valence-corrected chi connectivity index (χ2v) is 7.84. The van der Waals surface area contributed by atoms with Gasteiger partial charge in [-0.25, -0.2) is 8.78 Å². The first-order valence-electron chi connectivity index (χ1n) is 9.95. The highest BCUT2D eigenvalue weighted by Crippen LogP contribution is 2.17. The summed E-state index contributed by atoms with van der Waals surface area (Å²) in [4.78, 5) is 5.89. The first-order valence-corrected chi connectivity index (χ1v) is 10.8. The number of rotatable bonds is 9. The molecule has 168 valence electrons. The van der Waals surface area contributed by atoms with Crippen molar-refractivity contribution < 1.29 is 8.78 Å². The van der Waals surface area contributed by atoms with Crippen LogP contribution in [0.25, 0.3) is 0 Å². The van der Waals surface area contributed by atoms with Crippen molar-refractivity contribution in [3.63, 3.8) is 0 Å². The zero-order valence-electron chi connectivity index (χ0n) is 17.5. The normalized spacial score (nSPS) is 12.3. The Bertz CT molecular complexity index is 961. The van der Waals surface area contributed by atoms with Gasteiger partial charge in [-0.2, -0.15) is 0 Å². The molecule has 0 aliphatic rings. The van der Waals surface area contributed by atoms with E-state index in [0.717, 1.165) is 24.7 Å². The third-order valence-electron chi connectivity index (χ3n) is 4.65. The second kappa shape index (κ2) is 12.7. The van der Waals surface area contributed by atoms with Crippen LogP contribution in [0.15, 0.2) is 47.0 Å². The van der Waals surface area contributed by atoms with E-state index in [9.17, 15) is 8.78 Å². The molecule has 0 saturated carbocycles. The number of aryl methyl sites for hydroxylation is 1. The molecule has 0 aliphatic carbocycles. The number of hydrogen-bond acceptors (Lipinski definition) is 4. The Labute approximate surface area is 202 Å². The molecule has 0 radical (unpaired) electrons. The van der Waals surface area contributed by atoms with Gasteiger partial charge in [0.05, 0.1) is 6.04 Å². The monoisotopic (exact) mass is 560 g/mol. The summed E-state index contributed by atoms with van der Waals surface area (Å²) in [5, 5.41) is 16.6. The van der Waals surface area contributed by atoms with Crippen LogP contribution in [-0.4, -0.2) is 33.8 Å². The SMILES string of the molecule is CCc1nncn1CCNC(=NCCc1cccs1)NC(C)c1ccc(F)cc1F.I. The Morgan fingerprint density at radius 1 is 1.29 bits per heavy atom. The number of aliphatic imine (C=N–C) groups is 1. The summed E-state index contributed by atoms with van der Waals surface area (Å²) in [7, 11) is 0. The summed E-state index contributed by atoms with van der Waals surface area (Å²) in [6.45, 7) is 5.74. The van der Waals surface area contributed by atoms with Gasteiger partial charge in [0.15, 0.2) is 5.96 Å². The predicted octanol–water partition coefficient (Wildman–Crippen LogP) is 4.34. The minimum Gasteiger partial charge on any atom is -0.355 e. The van der Waals surface area contributed by atoms with E-state index in [2.05, 4.69) is 31.9 Å². The molecule has 31 heavy (non-hydrogen) atoms. The Morgan fingerprint density at radius 3 is 2.84 bits per heavy atom. The lowest BCUT2D eigenvalue weighted by Crippen LogP contribution is -2.40. The highest BCUT2D eigenvalue weighted by molar-refractivity contribution is 14.0. The van der Waals surface area contributed by atoms with Crippen LogP contribution < -0.4 is 10.6 Å². The maximum atomic E-state index is 14.2. The van der Waals surface area contributed by atoms with Gasteiger partial charge in [-0.3, -0.25) is 4.99 Å². The van der Waals surface area contributed by atoms with E-state index in [1.165, 1.54) is 17.0 Å². The zero-order chi connectivity index (χ0) is 21.3. The molecule has 0 amide bonds. The quantitative estimate of drug-likeness (QED) is 0.232. The number of benzene rings is 1. The van der Waals surface area contributed by atoms with E-state index in [-0.39, 0.29) is 30.0 Å². The smallest absolute Gasteiger partial charge is 0.191 e. The lowest BCUT2D eigenvalue weighted by atomic mass is 10.1. The molecule has 1 aromatic carbocycles. The van der Waals surface area contributed by atoms with E-state index < -0.39 is 11.6 Å². The van der Waals surface area contributed by atoms with Crippen LogP contribution in [0.4, 0.5) is 8.78 Å². The van der Waals surface area contributed by atoms with Crippen molar-refractivity contribution in [2.75, 3.05) is 13.1 Å². The second-order valence-electron chi connectivity index (χ2n) is 6.81. The summed E-state index contributed by atoms with van der Waals surface area (Å²) in [6.07, 6.45) is 3.34. The first-order chi connectivity index (χ1) is 14.6. The average Bonchev–Trinajstić information content (AvgIpc) is 3.39. The summed E-state index contributed by atoms with van der Waals surface area (Å²) in [5.74, 6) is 0.327. The molecule has 2 heterocycles. The van der Waals surface area contributed by atoms with E-state index in [1.807, 2.05) is 29.9 Å². The molecule has 2 aromatic heterocycles. The molecule has 3 aromatic rings. The number of nitrogens with one attached hydrogen (secondary N) is 2. The van der Waals surface area contributed by atoms with Gasteiger partial charge in [0.1, 0.15) is 23.8 Å². The minimum absolute atomic E-state index is 0. The number of halogens is 3. The maximum Gasteiger partial charge on any atom is 0.191 e. The highest BCUT2D eigenvalue weighted by Gasteiger charge is 2.13. The average molecular weight is 560 g/mol. The van der Waals surface area contributed by atoms with Gasteiger partial charge < -0.3 is 15.2 Å². The predicted molar refractivity (Wildman–Crippen MR) is 131 cm³/mol. The fraction of sp³-hybridized carbons (Fsp3) is 0.381. The van der Waals surface area contributed by atoms with Crippen LogP contribution in [0, 0.1) is 11.6 Å². The summed E-state index contributed by atoms with van der Waals surface area (Å²) in [5.41, 5.74) is 0.385. The fourth-order valence-corrected chi connectivity index (χ4v) is 3.75. The van der Waals surface area contributed by atoms with Crippen molar-refractivity contribution in [2.24, 2.45) is 4.99 Å². The van der Waals surface area contributed by atoms with Crippen LogP contribution in [0.1, 0.15) is 36.2 Å². The third-order valence-corrected chi connectivity index (χ3v) is 5.58. The Morgan fingerprint density at radius 2 is 2.13 bits per heavy atom. The molecule has 2 N–H and O–H groups in total. The van der Waals surface area contributed by atoms with Crippen LogP contribution >= 0.6 is 35.3 Å². The summed E-state index contributed by atoms with van der Waals surface area (Å²) >= 11 is 1.70. The van der Waals surface area contributed by atoms with Crippen molar-refractivity contribution in [1.82, 2.24) is 25.4 Å². The molecule has 1 atom stereocenters. The zero-order valence-corrected chi connectivity index (χ0v) is 20.7. The molecule has 10 heteroatoms. The van der Waals surface area contributed by atoms with Crippen LogP contribution in [0.2, 0.25) is 0 Å². The fourth-order valence-electron chi connectivity index (χ4n) is 3.06. The number of thiophene rings is 1. The van der Waals surface area contributed by atoms with Crippen molar-refractivity contribution in [1.29, 1.82) is 0 Å². The Hall–Kier alpha value is -2.08. The van der Waals surface area contributed by atoms with Gasteiger partial charge in [-0.15, -0.1) is 45.5 Å². The van der Waals surface area contributed by atoms with E-state index in [0.29, 0.717) is 31.2 Å². The molecule has 0 bridgehead atoms. The minimum atomic E-state index is -0.591. The maximum absolute atomic E-state index is 14.2. The summed E-state index contributed by atoms with van der Waals surface area (Å²) < 4.78 is 29.4. The molecule has 0 aliphatic heterocycles. The molecule has 1 unspecified atom stereocenters. The first kappa shape index (κ1) is 25.2. The van der Waals surface area contributed by atoms with Gasteiger partial charge in [-0.05, 0) is 24.4 Å². The number of hydrogen-bond donors (Lipinski definition) is 2. The van der Waals surface area contributed by atoms with Gasteiger partial charge in [0.2, 0.25) is 0 Å². The number of aromatic nitrogens is 3. The lowest BCUT2D eigenvalue weighted by molar-refractivity contribution is 0.549. The molecular formula is C21H27F2IN6S. The van der Waals surface area contributed by atoms with Crippen molar-refractivity contribution >= 4 is 41.3 Å². The van der Waals surface area contributed by atoms with E-state index in [1.54, 1.807) is 17.7 Å². The van der Waals surface area contributed by atoms with Gasteiger partial charge in [0.25, 0.3) is 0 Å². The standard InChI is InChI=1S/C21H26F2N6S.HI/c1-3-20-28-26-14-29(20)11-10-25-21(24-9-8-17-5-4-12-30-17)27-15(2)18-7-6-16(22)13-19(18)23;/h4-7,12-15H,3,8-11H2,1-2H3,(H2,24,25,27);1H. The molecule has 6 nitrogen and oxygen atoms in total. The Kier molecular flexibility index (Phi) is 10.3. The number of nitrogens with zero attached hydrogens (tertiary/aromatic N) is 4. The largest absolute Gasteiger partial charge is 0.355 e. The van der Waals surface area contributed by atoms with Crippen LogP contribution in [-0.2, 0) is 19.4 Å². The van der Waals surface area contributed by atoms with Crippen molar-refractivity contribution in [3.05, 3.63) is 69.9 Å². The summed E-state index contributed by atoms with van der Waals surface area (Å²) in [6, 6.07) is 7.33. The van der Waals surface area contributed by atoms with Crippen LogP contribution in [0.5, 0.6) is 0 Å². The van der Waals surface area contributed by atoms with Crippen LogP contribution in [0.3, 0.4) is 0 Å². The molecular weight excluding hydrogens is 533 g/mol. The molecule has 0 fully saturated rings. The molecule has 0 saturated heterocycles. The molecule has 0 spiro atoms. The van der Waals surface area contributed by atoms with Crippen molar-refractivity contribution in [3.8, 4) is 0 Å². The lowest BCUT2D eigenvalue weighted by Gasteiger charge is -2.19. The van der Waals surface area contributed by atoms with Gasteiger partial charge in [-0.1, -0.05) is 19.1 Å². The van der Waals surface area contributed by atoms with Gasteiger partial charge >= 0.3 is 0 Å². The van der Waals surface area contributed by atoms with E-state index >= 15 is 0 Å². The number of guanidine groups is 1.